The number of carbonyl (C=O) groups excluding carboxylic acids is 1. The van der Waals surface area contributed by atoms with E-state index >= 15 is 0 Å². The minimum atomic E-state index is -0.292. The quantitative estimate of drug-likeness (QED) is 0.883. The predicted octanol–water partition coefficient (Wildman–Crippen LogP) is 3.89. The zero-order valence-electron chi connectivity index (χ0n) is 14.9. The van der Waals surface area contributed by atoms with Gasteiger partial charge in [0.25, 0.3) is 0 Å². The van der Waals surface area contributed by atoms with Crippen molar-refractivity contribution < 1.29 is 13.7 Å². The van der Waals surface area contributed by atoms with E-state index in [0.29, 0.717) is 6.54 Å². The molecule has 0 radical (unpaired) electrons. The number of nitrogens with zero attached hydrogens (tertiary/aromatic N) is 1. The molecule has 3 rings (SSSR count). The van der Waals surface area contributed by atoms with Gasteiger partial charge in [0.2, 0.25) is 0 Å². The highest BCUT2D eigenvalue weighted by molar-refractivity contribution is 5.74. The summed E-state index contributed by atoms with van der Waals surface area (Å²) in [5.74, 6) is 0.648. The van der Waals surface area contributed by atoms with Gasteiger partial charge in [0, 0.05) is 12.0 Å². The summed E-state index contributed by atoms with van der Waals surface area (Å²) in [5, 5.41) is 9.79. The molecular weight excluding hydrogens is 321 g/mol. The summed E-state index contributed by atoms with van der Waals surface area (Å²) < 4.78 is 18.4. The molecule has 5 nitrogen and oxygen atoms in total. The second-order valence-electron chi connectivity index (χ2n) is 7.47. The van der Waals surface area contributed by atoms with E-state index in [2.05, 4.69) is 29.6 Å². The van der Waals surface area contributed by atoms with Gasteiger partial charge in [-0.1, -0.05) is 31.1 Å². The molecule has 1 heterocycles. The monoisotopic (exact) mass is 345 g/mol. The minimum absolute atomic E-state index is 0.217. The molecule has 1 atom stereocenters. The highest BCUT2D eigenvalue weighted by Crippen LogP contribution is 2.36. The first-order valence-corrected chi connectivity index (χ1v) is 8.60. The number of rotatable bonds is 4. The number of carbonyl (C=O) groups is 1. The smallest absolute Gasteiger partial charge is 0.315 e. The number of benzene rings is 1. The standard InChI is InChI=1S/C19H24FN3O2/c1-12(13-4-6-14(20)7-5-13)22-18(24)21-11-16-15-10-19(2,3)9-8-17(15)25-23-16/h4-7,12H,8-11H2,1-3H3,(H2,21,22,24)/t12-/m1/s1. The fraction of sp³-hybridized carbons (Fsp3) is 0.474. The normalized spacial score (nSPS) is 16.8. The molecule has 0 spiro atoms. The molecule has 1 aliphatic carbocycles. The van der Waals surface area contributed by atoms with Crippen molar-refractivity contribution in [3.05, 3.63) is 52.7 Å². The second-order valence-corrected chi connectivity index (χ2v) is 7.47. The van der Waals surface area contributed by atoms with Gasteiger partial charge >= 0.3 is 6.03 Å². The van der Waals surface area contributed by atoms with Crippen LogP contribution in [-0.4, -0.2) is 11.2 Å². The van der Waals surface area contributed by atoms with Gasteiger partial charge in [-0.05, 0) is 42.9 Å². The van der Waals surface area contributed by atoms with Crippen LogP contribution < -0.4 is 10.6 Å². The average Bonchev–Trinajstić information content (AvgIpc) is 2.94. The van der Waals surface area contributed by atoms with E-state index in [0.717, 1.165) is 41.8 Å². The Morgan fingerprint density at radius 3 is 2.80 bits per heavy atom. The van der Waals surface area contributed by atoms with Gasteiger partial charge in [-0.25, -0.2) is 9.18 Å². The summed E-state index contributed by atoms with van der Waals surface area (Å²) in [4.78, 5) is 12.1. The van der Waals surface area contributed by atoms with Gasteiger partial charge in [-0.15, -0.1) is 0 Å². The van der Waals surface area contributed by atoms with Crippen molar-refractivity contribution in [3.63, 3.8) is 0 Å². The highest BCUT2D eigenvalue weighted by atomic mass is 19.1. The fourth-order valence-corrected chi connectivity index (χ4v) is 3.18. The van der Waals surface area contributed by atoms with Gasteiger partial charge in [0.15, 0.2) is 0 Å². The zero-order valence-corrected chi connectivity index (χ0v) is 14.9. The third kappa shape index (κ3) is 4.18. The summed E-state index contributed by atoms with van der Waals surface area (Å²) in [6.45, 7) is 6.65. The number of amides is 2. The number of fused-ring (bicyclic) bond motifs is 1. The fourth-order valence-electron chi connectivity index (χ4n) is 3.18. The van der Waals surface area contributed by atoms with Crippen LogP contribution in [0.5, 0.6) is 0 Å². The number of hydrogen-bond donors (Lipinski definition) is 2. The topological polar surface area (TPSA) is 67.2 Å². The van der Waals surface area contributed by atoms with E-state index in [4.69, 9.17) is 4.52 Å². The molecular formula is C19H24FN3O2. The minimum Gasteiger partial charge on any atom is -0.361 e. The summed E-state index contributed by atoms with van der Waals surface area (Å²) in [7, 11) is 0. The number of nitrogens with one attached hydrogen (secondary N) is 2. The van der Waals surface area contributed by atoms with Crippen molar-refractivity contribution >= 4 is 6.03 Å². The van der Waals surface area contributed by atoms with Crippen molar-refractivity contribution in [2.45, 2.75) is 52.6 Å². The largest absolute Gasteiger partial charge is 0.361 e. The molecule has 1 aromatic heterocycles. The molecule has 0 aliphatic heterocycles. The Morgan fingerprint density at radius 2 is 2.08 bits per heavy atom. The Kier molecular flexibility index (Phi) is 4.79. The van der Waals surface area contributed by atoms with Crippen LogP contribution in [-0.2, 0) is 19.4 Å². The maximum atomic E-state index is 13.0. The molecule has 0 saturated carbocycles. The van der Waals surface area contributed by atoms with Crippen molar-refractivity contribution in [2.75, 3.05) is 0 Å². The van der Waals surface area contributed by atoms with Crippen LogP contribution in [0.25, 0.3) is 0 Å². The van der Waals surface area contributed by atoms with Crippen LogP contribution in [0.15, 0.2) is 28.8 Å². The van der Waals surface area contributed by atoms with E-state index in [1.54, 1.807) is 12.1 Å². The van der Waals surface area contributed by atoms with Crippen molar-refractivity contribution in [2.24, 2.45) is 5.41 Å². The van der Waals surface area contributed by atoms with Crippen molar-refractivity contribution in [1.29, 1.82) is 0 Å². The third-order valence-electron chi connectivity index (χ3n) is 4.77. The van der Waals surface area contributed by atoms with E-state index in [1.807, 2.05) is 6.92 Å². The molecule has 1 aromatic carbocycles. The third-order valence-corrected chi connectivity index (χ3v) is 4.77. The maximum Gasteiger partial charge on any atom is 0.315 e. The number of hydrogen-bond acceptors (Lipinski definition) is 3. The van der Waals surface area contributed by atoms with Gasteiger partial charge in [0.05, 0.1) is 12.6 Å². The lowest BCUT2D eigenvalue weighted by Gasteiger charge is -2.28. The Morgan fingerprint density at radius 1 is 1.36 bits per heavy atom. The molecule has 0 bridgehead atoms. The SMILES string of the molecule is C[C@@H](NC(=O)NCc1noc2c1CC(C)(C)CC2)c1ccc(F)cc1. The number of aromatic nitrogens is 1. The lowest BCUT2D eigenvalue weighted by atomic mass is 9.76. The number of urea groups is 1. The molecule has 134 valence electrons. The van der Waals surface area contributed by atoms with Crippen LogP contribution in [0.1, 0.15) is 55.8 Å². The summed E-state index contributed by atoms with van der Waals surface area (Å²) in [5.41, 5.74) is 3.00. The number of halogens is 1. The molecule has 6 heteroatoms. The van der Waals surface area contributed by atoms with Crippen LogP contribution in [0.2, 0.25) is 0 Å². The zero-order chi connectivity index (χ0) is 18.0. The molecule has 2 N–H and O–H groups in total. The second kappa shape index (κ2) is 6.86. The summed E-state index contributed by atoms with van der Waals surface area (Å²) >= 11 is 0. The van der Waals surface area contributed by atoms with E-state index in [1.165, 1.54) is 12.1 Å². The molecule has 2 amide bonds. The van der Waals surface area contributed by atoms with E-state index in [9.17, 15) is 9.18 Å². The first-order chi connectivity index (χ1) is 11.8. The van der Waals surface area contributed by atoms with Gasteiger partial charge < -0.3 is 15.2 Å². The average molecular weight is 345 g/mol. The van der Waals surface area contributed by atoms with E-state index < -0.39 is 0 Å². The van der Waals surface area contributed by atoms with Gasteiger partial charge in [-0.3, -0.25) is 0 Å². The number of aryl methyl sites for hydroxylation is 1. The Labute approximate surface area is 147 Å². The van der Waals surface area contributed by atoms with Crippen molar-refractivity contribution in [3.8, 4) is 0 Å². The van der Waals surface area contributed by atoms with Gasteiger partial charge in [0.1, 0.15) is 17.3 Å². The molecule has 0 unspecified atom stereocenters. The van der Waals surface area contributed by atoms with Crippen LogP contribution >= 0.6 is 0 Å². The Bertz CT molecular complexity index is 753. The Balaban J connectivity index is 1.56. The summed E-state index contributed by atoms with van der Waals surface area (Å²) in [6, 6.07) is 5.59. The molecule has 0 saturated heterocycles. The lowest BCUT2D eigenvalue weighted by Crippen LogP contribution is -2.37. The summed E-state index contributed by atoms with van der Waals surface area (Å²) in [6.07, 6.45) is 2.89. The van der Waals surface area contributed by atoms with Crippen LogP contribution in [0.3, 0.4) is 0 Å². The Hall–Kier alpha value is -2.37. The highest BCUT2D eigenvalue weighted by Gasteiger charge is 2.30. The van der Waals surface area contributed by atoms with Crippen LogP contribution in [0.4, 0.5) is 9.18 Å². The van der Waals surface area contributed by atoms with Crippen molar-refractivity contribution in [1.82, 2.24) is 15.8 Å². The molecule has 2 aromatic rings. The lowest BCUT2D eigenvalue weighted by molar-refractivity contribution is 0.237. The first-order valence-electron chi connectivity index (χ1n) is 8.60. The predicted molar refractivity (Wildman–Crippen MR) is 92.5 cm³/mol. The van der Waals surface area contributed by atoms with Crippen LogP contribution in [0, 0.1) is 11.2 Å². The first kappa shape index (κ1) is 17.5. The molecule has 25 heavy (non-hydrogen) atoms. The molecule has 0 fully saturated rings. The van der Waals surface area contributed by atoms with Gasteiger partial charge in [-0.2, -0.15) is 0 Å². The molecule has 1 aliphatic rings. The van der Waals surface area contributed by atoms with E-state index in [-0.39, 0.29) is 23.3 Å². The maximum absolute atomic E-state index is 13.0.